The average Bonchev–Trinajstić information content (AvgIpc) is 2.68. The van der Waals surface area contributed by atoms with Gasteiger partial charge in [-0.15, -0.1) is 0 Å². The number of rotatable bonds is 2. The summed E-state index contributed by atoms with van der Waals surface area (Å²) in [6.07, 6.45) is 0. The summed E-state index contributed by atoms with van der Waals surface area (Å²) in [4.78, 5) is 0. The summed E-state index contributed by atoms with van der Waals surface area (Å²) < 4.78 is 0. The monoisotopic (exact) mass is 223 g/mol. The molecule has 0 bridgehead atoms. The van der Waals surface area contributed by atoms with Crippen LogP contribution in [-0.4, -0.2) is 6.54 Å². The zero-order valence-electron chi connectivity index (χ0n) is 9.55. The van der Waals surface area contributed by atoms with Crippen LogP contribution in [0.1, 0.15) is 30.9 Å². The van der Waals surface area contributed by atoms with Crippen LogP contribution in [0, 0.1) is 18.3 Å². The van der Waals surface area contributed by atoms with E-state index in [1.54, 1.807) is 0 Å². The van der Waals surface area contributed by atoms with E-state index in [4.69, 9.17) is 17.3 Å². The zero-order valence-corrected chi connectivity index (χ0v) is 10.3. The highest BCUT2D eigenvalue weighted by molar-refractivity contribution is 6.30. The summed E-state index contributed by atoms with van der Waals surface area (Å²) in [7, 11) is 0. The molecule has 15 heavy (non-hydrogen) atoms. The maximum atomic E-state index is 5.96. The summed E-state index contributed by atoms with van der Waals surface area (Å²) in [5.74, 6) is 1.23. The van der Waals surface area contributed by atoms with Crippen LogP contribution in [0.4, 0.5) is 0 Å². The highest BCUT2D eigenvalue weighted by Crippen LogP contribution is 2.64. The molecule has 1 aliphatic rings. The molecule has 1 aromatic carbocycles. The van der Waals surface area contributed by atoms with Gasteiger partial charge in [-0.1, -0.05) is 31.5 Å². The summed E-state index contributed by atoms with van der Waals surface area (Å²) in [6, 6.07) is 6.17. The second-order valence-corrected chi connectivity index (χ2v) is 5.58. The van der Waals surface area contributed by atoms with Crippen molar-refractivity contribution >= 4 is 11.6 Å². The third kappa shape index (κ3) is 1.68. The molecule has 1 aromatic rings. The van der Waals surface area contributed by atoms with Gasteiger partial charge in [0.1, 0.15) is 0 Å². The molecule has 1 aliphatic carbocycles. The van der Waals surface area contributed by atoms with Crippen LogP contribution in [0.3, 0.4) is 0 Å². The van der Waals surface area contributed by atoms with E-state index in [0.29, 0.717) is 17.3 Å². The predicted molar refractivity (Wildman–Crippen MR) is 65.3 cm³/mol. The van der Waals surface area contributed by atoms with E-state index >= 15 is 0 Å². The highest BCUT2D eigenvalue weighted by atomic mass is 35.5. The van der Waals surface area contributed by atoms with E-state index in [1.165, 1.54) is 11.1 Å². The number of halogens is 1. The van der Waals surface area contributed by atoms with Crippen molar-refractivity contribution in [1.29, 1.82) is 0 Å². The Kier molecular flexibility index (Phi) is 2.56. The van der Waals surface area contributed by atoms with Crippen molar-refractivity contribution in [3.05, 3.63) is 34.3 Å². The van der Waals surface area contributed by atoms with Crippen molar-refractivity contribution in [3.63, 3.8) is 0 Å². The molecule has 82 valence electrons. The number of nitrogens with two attached hydrogens (primary N) is 1. The third-order valence-electron chi connectivity index (χ3n) is 3.87. The number of hydrogen-bond acceptors (Lipinski definition) is 1. The highest BCUT2D eigenvalue weighted by Gasteiger charge is 2.57. The van der Waals surface area contributed by atoms with Crippen molar-refractivity contribution in [1.82, 2.24) is 0 Å². The lowest BCUT2D eigenvalue weighted by atomic mass is 9.99. The fourth-order valence-corrected chi connectivity index (χ4v) is 3.02. The number of benzene rings is 1. The first-order valence-corrected chi connectivity index (χ1v) is 5.82. The minimum absolute atomic E-state index is 0.355. The van der Waals surface area contributed by atoms with E-state index in [9.17, 15) is 0 Å². The van der Waals surface area contributed by atoms with Crippen molar-refractivity contribution in [2.24, 2.45) is 17.1 Å². The van der Waals surface area contributed by atoms with Gasteiger partial charge in [-0.05, 0) is 54.0 Å². The van der Waals surface area contributed by atoms with Crippen LogP contribution in [0.15, 0.2) is 18.2 Å². The maximum Gasteiger partial charge on any atom is 0.0408 e. The van der Waals surface area contributed by atoms with E-state index in [2.05, 4.69) is 26.8 Å². The molecular formula is C13H18ClN. The number of aryl methyl sites for hydroxylation is 1. The van der Waals surface area contributed by atoms with E-state index in [-0.39, 0.29) is 0 Å². The van der Waals surface area contributed by atoms with Crippen LogP contribution in [0.2, 0.25) is 5.02 Å². The zero-order chi connectivity index (χ0) is 11.2. The van der Waals surface area contributed by atoms with Gasteiger partial charge in [0.15, 0.2) is 0 Å². The van der Waals surface area contributed by atoms with Crippen LogP contribution in [-0.2, 0) is 0 Å². The fourth-order valence-electron chi connectivity index (χ4n) is 2.79. The van der Waals surface area contributed by atoms with Gasteiger partial charge in [0.25, 0.3) is 0 Å². The lowest BCUT2D eigenvalue weighted by molar-refractivity contribution is 0.558. The van der Waals surface area contributed by atoms with Crippen molar-refractivity contribution in [3.8, 4) is 0 Å². The SMILES string of the molecule is Cc1cc(Cl)ccc1[C@H]1[C@H](CN)C1(C)C. The van der Waals surface area contributed by atoms with Crippen LogP contribution in [0.5, 0.6) is 0 Å². The number of hydrogen-bond donors (Lipinski definition) is 1. The molecule has 0 aromatic heterocycles. The smallest absolute Gasteiger partial charge is 0.0408 e. The molecular weight excluding hydrogens is 206 g/mol. The molecule has 2 atom stereocenters. The summed E-state index contributed by atoms with van der Waals surface area (Å²) in [6.45, 7) is 7.50. The first-order chi connectivity index (χ1) is 6.98. The first-order valence-electron chi connectivity index (χ1n) is 5.44. The fraction of sp³-hybridized carbons (Fsp3) is 0.538. The molecule has 2 heteroatoms. The molecule has 0 amide bonds. The van der Waals surface area contributed by atoms with Crippen molar-refractivity contribution < 1.29 is 0 Å². The molecule has 2 rings (SSSR count). The molecule has 0 unspecified atom stereocenters. The normalized spacial score (nSPS) is 27.8. The quantitative estimate of drug-likeness (QED) is 0.818. The first kappa shape index (κ1) is 11.0. The van der Waals surface area contributed by atoms with Gasteiger partial charge >= 0.3 is 0 Å². The Hall–Kier alpha value is -0.530. The Balaban J connectivity index is 2.33. The Morgan fingerprint density at radius 1 is 1.40 bits per heavy atom. The molecule has 1 fully saturated rings. The van der Waals surface area contributed by atoms with Gasteiger partial charge in [-0.2, -0.15) is 0 Å². The van der Waals surface area contributed by atoms with Crippen LogP contribution in [0.25, 0.3) is 0 Å². The second-order valence-electron chi connectivity index (χ2n) is 5.14. The molecule has 1 nitrogen and oxygen atoms in total. The Morgan fingerprint density at radius 2 is 2.07 bits per heavy atom. The molecule has 0 aliphatic heterocycles. The van der Waals surface area contributed by atoms with E-state index in [1.807, 2.05) is 12.1 Å². The predicted octanol–water partition coefficient (Wildman–Crippen LogP) is 3.35. The molecule has 0 radical (unpaired) electrons. The van der Waals surface area contributed by atoms with Gasteiger partial charge < -0.3 is 5.73 Å². The summed E-state index contributed by atoms with van der Waals surface area (Å²) in [5, 5.41) is 0.819. The molecule has 0 heterocycles. The Bertz CT molecular complexity index is 384. The van der Waals surface area contributed by atoms with Crippen molar-refractivity contribution in [2.75, 3.05) is 6.54 Å². The summed E-state index contributed by atoms with van der Waals surface area (Å²) in [5.41, 5.74) is 8.85. The lowest BCUT2D eigenvalue weighted by Crippen LogP contribution is -2.05. The third-order valence-corrected chi connectivity index (χ3v) is 4.11. The molecule has 1 saturated carbocycles. The van der Waals surface area contributed by atoms with Gasteiger partial charge in [0, 0.05) is 5.02 Å². The summed E-state index contributed by atoms with van der Waals surface area (Å²) >= 11 is 5.96. The standard InChI is InChI=1S/C13H18ClN/c1-8-6-9(14)4-5-10(8)12-11(7-15)13(12,2)3/h4-6,11-12H,7,15H2,1-3H3/t11-,12-/m0/s1. The Morgan fingerprint density at radius 3 is 2.53 bits per heavy atom. The minimum Gasteiger partial charge on any atom is -0.330 e. The van der Waals surface area contributed by atoms with E-state index < -0.39 is 0 Å². The van der Waals surface area contributed by atoms with Gasteiger partial charge in [0.05, 0.1) is 0 Å². The topological polar surface area (TPSA) is 26.0 Å². The maximum absolute atomic E-state index is 5.96. The van der Waals surface area contributed by atoms with Crippen LogP contribution < -0.4 is 5.73 Å². The van der Waals surface area contributed by atoms with Gasteiger partial charge in [-0.3, -0.25) is 0 Å². The van der Waals surface area contributed by atoms with E-state index in [0.717, 1.165) is 11.6 Å². The lowest BCUT2D eigenvalue weighted by Gasteiger charge is -2.07. The average molecular weight is 224 g/mol. The molecule has 0 saturated heterocycles. The van der Waals surface area contributed by atoms with Gasteiger partial charge in [-0.25, -0.2) is 0 Å². The molecule has 2 N–H and O–H groups in total. The molecule has 0 spiro atoms. The minimum atomic E-state index is 0.355. The van der Waals surface area contributed by atoms with Crippen molar-refractivity contribution in [2.45, 2.75) is 26.7 Å². The second kappa shape index (κ2) is 3.50. The Labute approximate surface area is 96.6 Å². The largest absolute Gasteiger partial charge is 0.330 e. The van der Waals surface area contributed by atoms with Crippen LogP contribution >= 0.6 is 11.6 Å². The van der Waals surface area contributed by atoms with Gasteiger partial charge in [0.2, 0.25) is 0 Å².